The molecule has 0 radical (unpaired) electrons. The van der Waals surface area contributed by atoms with Gasteiger partial charge in [0, 0.05) is 44.3 Å². The summed E-state index contributed by atoms with van der Waals surface area (Å²) < 4.78 is 0. The van der Waals surface area contributed by atoms with Gasteiger partial charge in [0.25, 0.3) is 0 Å². The first-order valence-corrected chi connectivity index (χ1v) is 9.39. The molecule has 1 aromatic rings. The SMILES string of the molecule is CCCC[C@H](C)C(=O)Nc1ccc(CCN2CCN(C)CC2)cc1. The van der Waals surface area contributed by atoms with Gasteiger partial charge in [-0.2, -0.15) is 0 Å². The third kappa shape index (κ3) is 6.25. The monoisotopic (exact) mass is 331 g/mol. The number of likely N-dealkylation sites (N-methyl/N-ethyl adjacent to an activating group) is 1. The molecule has 4 nitrogen and oxygen atoms in total. The molecular weight excluding hydrogens is 298 g/mol. The zero-order chi connectivity index (χ0) is 17.4. The summed E-state index contributed by atoms with van der Waals surface area (Å²) in [5.74, 6) is 0.218. The highest BCUT2D eigenvalue weighted by atomic mass is 16.1. The van der Waals surface area contributed by atoms with Gasteiger partial charge in [-0.05, 0) is 37.6 Å². The predicted octanol–water partition coefficient (Wildman–Crippen LogP) is 3.24. The molecule has 1 heterocycles. The van der Waals surface area contributed by atoms with Crippen LogP contribution < -0.4 is 5.32 Å². The molecule has 1 aliphatic heterocycles. The predicted molar refractivity (Wildman–Crippen MR) is 101 cm³/mol. The van der Waals surface area contributed by atoms with E-state index in [-0.39, 0.29) is 11.8 Å². The summed E-state index contributed by atoms with van der Waals surface area (Å²) in [6, 6.07) is 8.35. The van der Waals surface area contributed by atoms with Gasteiger partial charge in [0.1, 0.15) is 0 Å². The molecule has 2 rings (SSSR count). The van der Waals surface area contributed by atoms with E-state index in [2.05, 4.69) is 41.2 Å². The molecule has 0 spiro atoms. The fourth-order valence-corrected chi connectivity index (χ4v) is 3.02. The molecule has 134 valence electrons. The maximum absolute atomic E-state index is 12.1. The molecule has 1 N–H and O–H groups in total. The molecule has 1 atom stereocenters. The average Bonchev–Trinajstić information content (AvgIpc) is 2.60. The Morgan fingerprint density at radius 3 is 2.46 bits per heavy atom. The fourth-order valence-electron chi connectivity index (χ4n) is 3.02. The number of hydrogen-bond donors (Lipinski definition) is 1. The minimum absolute atomic E-state index is 0.0851. The van der Waals surface area contributed by atoms with Gasteiger partial charge in [-0.25, -0.2) is 0 Å². The Morgan fingerprint density at radius 1 is 1.17 bits per heavy atom. The van der Waals surface area contributed by atoms with Crippen LogP contribution in [0.25, 0.3) is 0 Å². The second-order valence-corrected chi connectivity index (χ2v) is 7.12. The van der Waals surface area contributed by atoms with Crippen LogP contribution in [0.5, 0.6) is 0 Å². The number of amides is 1. The Labute approximate surface area is 147 Å². The van der Waals surface area contributed by atoms with Crippen molar-refractivity contribution in [3.8, 4) is 0 Å². The minimum Gasteiger partial charge on any atom is -0.326 e. The normalized spacial score (nSPS) is 17.6. The van der Waals surface area contributed by atoms with E-state index in [1.165, 1.54) is 31.7 Å². The van der Waals surface area contributed by atoms with Crippen molar-refractivity contribution in [3.05, 3.63) is 29.8 Å². The van der Waals surface area contributed by atoms with E-state index in [0.29, 0.717) is 0 Å². The number of piperazine rings is 1. The summed E-state index contributed by atoms with van der Waals surface area (Å²) in [6.45, 7) is 9.96. The molecule has 4 heteroatoms. The van der Waals surface area contributed by atoms with E-state index < -0.39 is 0 Å². The van der Waals surface area contributed by atoms with E-state index in [9.17, 15) is 4.79 Å². The lowest BCUT2D eigenvalue weighted by Gasteiger charge is -2.32. The Bertz CT molecular complexity index is 492. The van der Waals surface area contributed by atoms with Crippen LogP contribution >= 0.6 is 0 Å². The number of carbonyl (C=O) groups is 1. The lowest BCUT2D eigenvalue weighted by atomic mass is 10.0. The number of hydrogen-bond acceptors (Lipinski definition) is 3. The summed E-state index contributed by atoms with van der Waals surface area (Å²) in [6.07, 6.45) is 4.29. The Hall–Kier alpha value is -1.39. The van der Waals surface area contributed by atoms with E-state index in [4.69, 9.17) is 0 Å². The summed E-state index contributed by atoms with van der Waals surface area (Å²) in [5, 5.41) is 3.03. The number of nitrogens with zero attached hydrogens (tertiary/aromatic N) is 2. The summed E-state index contributed by atoms with van der Waals surface area (Å²) in [5.41, 5.74) is 2.25. The highest BCUT2D eigenvalue weighted by Gasteiger charge is 2.14. The van der Waals surface area contributed by atoms with Crippen molar-refractivity contribution < 1.29 is 4.79 Å². The van der Waals surface area contributed by atoms with Crippen LogP contribution in [0.3, 0.4) is 0 Å². The molecule has 1 saturated heterocycles. The average molecular weight is 332 g/mol. The molecular formula is C20H33N3O. The highest BCUT2D eigenvalue weighted by molar-refractivity contribution is 5.92. The Balaban J connectivity index is 1.75. The number of unbranched alkanes of at least 4 members (excludes halogenated alkanes) is 1. The first kappa shape index (κ1) is 18.9. The summed E-state index contributed by atoms with van der Waals surface area (Å²) in [7, 11) is 2.19. The Kier molecular flexibility index (Phi) is 7.73. The third-order valence-electron chi connectivity index (χ3n) is 4.97. The molecule has 1 amide bonds. The van der Waals surface area contributed by atoms with Gasteiger partial charge in [-0.3, -0.25) is 4.79 Å². The standard InChI is InChI=1S/C20H33N3O/c1-4-5-6-17(2)20(24)21-19-9-7-18(8-10-19)11-12-23-15-13-22(3)14-16-23/h7-10,17H,4-6,11-16H2,1-3H3,(H,21,24)/t17-/m0/s1. The molecule has 0 unspecified atom stereocenters. The second-order valence-electron chi connectivity index (χ2n) is 7.12. The topological polar surface area (TPSA) is 35.6 Å². The molecule has 1 fully saturated rings. The first-order chi connectivity index (χ1) is 11.6. The van der Waals surface area contributed by atoms with Crippen LogP contribution in [0.4, 0.5) is 5.69 Å². The third-order valence-corrected chi connectivity index (χ3v) is 4.97. The zero-order valence-electron chi connectivity index (χ0n) is 15.6. The van der Waals surface area contributed by atoms with E-state index in [1.54, 1.807) is 0 Å². The van der Waals surface area contributed by atoms with Gasteiger partial charge >= 0.3 is 0 Å². The smallest absolute Gasteiger partial charge is 0.227 e. The minimum atomic E-state index is 0.0851. The first-order valence-electron chi connectivity index (χ1n) is 9.39. The van der Waals surface area contributed by atoms with E-state index in [1.807, 2.05) is 19.1 Å². The second kappa shape index (κ2) is 9.80. The van der Waals surface area contributed by atoms with Crippen LogP contribution in [0.15, 0.2) is 24.3 Å². The molecule has 1 aromatic carbocycles. The van der Waals surface area contributed by atoms with Crippen molar-refractivity contribution in [2.45, 2.75) is 39.5 Å². The molecule has 0 aliphatic carbocycles. The lowest BCUT2D eigenvalue weighted by molar-refractivity contribution is -0.119. The number of anilines is 1. The number of rotatable bonds is 8. The van der Waals surface area contributed by atoms with Crippen LogP contribution in [0.1, 0.15) is 38.7 Å². The quantitative estimate of drug-likeness (QED) is 0.794. The van der Waals surface area contributed by atoms with Crippen LogP contribution in [-0.2, 0) is 11.2 Å². The maximum atomic E-state index is 12.1. The number of benzene rings is 1. The summed E-state index contributed by atoms with van der Waals surface area (Å²) in [4.78, 5) is 17.1. The van der Waals surface area contributed by atoms with E-state index in [0.717, 1.165) is 37.9 Å². The number of carbonyl (C=O) groups excluding carboxylic acids is 1. The van der Waals surface area contributed by atoms with Crippen molar-refractivity contribution in [1.29, 1.82) is 0 Å². The molecule has 24 heavy (non-hydrogen) atoms. The van der Waals surface area contributed by atoms with Crippen molar-refractivity contribution in [2.24, 2.45) is 5.92 Å². The van der Waals surface area contributed by atoms with Crippen LogP contribution in [0, 0.1) is 5.92 Å². The van der Waals surface area contributed by atoms with Crippen molar-refractivity contribution in [3.63, 3.8) is 0 Å². The molecule has 0 saturated carbocycles. The van der Waals surface area contributed by atoms with Gasteiger partial charge in [0.15, 0.2) is 0 Å². The van der Waals surface area contributed by atoms with Gasteiger partial charge in [-0.15, -0.1) is 0 Å². The largest absolute Gasteiger partial charge is 0.326 e. The van der Waals surface area contributed by atoms with Gasteiger partial charge < -0.3 is 15.1 Å². The molecule has 0 aromatic heterocycles. The number of nitrogens with one attached hydrogen (secondary N) is 1. The Morgan fingerprint density at radius 2 is 1.83 bits per heavy atom. The van der Waals surface area contributed by atoms with Crippen molar-refractivity contribution in [1.82, 2.24) is 9.80 Å². The van der Waals surface area contributed by atoms with Crippen molar-refractivity contribution >= 4 is 11.6 Å². The zero-order valence-corrected chi connectivity index (χ0v) is 15.6. The fraction of sp³-hybridized carbons (Fsp3) is 0.650. The highest BCUT2D eigenvalue weighted by Crippen LogP contribution is 2.14. The van der Waals surface area contributed by atoms with Gasteiger partial charge in [0.05, 0.1) is 0 Å². The molecule has 0 bridgehead atoms. The van der Waals surface area contributed by atoms with Crippen molar-refractivity contribution in [2.75, 3.05) is 45.1 Å². The molecule has 1 aliphatic rings. The summed E-state index contributed by atoms with van der Waals surface area (Å²) >= 11 is 0. The lowest BCUT2D eigenvalue weighted by Crippen LogP contribution is -2.45. The van der Waals surface area contributed by atoms with Gasteiger partial charge in [0.2, 0.25) is 5.91 Å². The van der Waals surface area contributed by atoms with Crippen LogP contribution in [0.2, 0.25) is 0 Å². The maximum Gasteiger partial charge on any atom is 0.227 e. The van der Waals surface area contributed by atoms with Crippen LogP contribution in [-0.4, -0.2) is 55.5 Å². The van der Waals surface area contributed by atoms with E-state index >= 15 is 0 Å². The van der Waals surface area contributed by atoms with Gasteiger partial charge in [-0.1, -0.05) is 38.8 Å².